The van der Waals surface area contributed by atoms with Crippen molar-refractivity contribution in [2.75, 3.05) is 46.1 Å². The normalized spacial score (nSPS) is 18.1. The van der Waals surface area contributed by atoms with E-state index < -0.39 is 6.10 Å². The van der Waals surface area contributed by atoms with Gasteiger partial charge in [-0.1, -0.05) is 44.0 Å². The van der Waals surface area contributed by atoms with Gasteiger partial charge in [-0.15, -0.1) is 12.4 Å². The fourth-order valence-corrected chi connectivity index (χ4v) is 3.60. The van der Waals surface area contributed by atoms with Crippen molar-refractivity contribution in [3.05, 3.63) is 63.0 Å². The van der Waals surface area contributed by atoms with Crippen molar-refractivity contribution in [3.63, 3.8) is 0 Å². The van der Waals surface area contributed by atoms with Gasteiger partial charge in [0.15, 0.2) is 0 Å². The highest BCUT2D eigenvalue weighted by Gasteiger charge is 2.23. The van der Waals surface area contributed by atoms with E-state index in [1.165, 1.54) is 0 Å². The number of aliphatic hydroxyl groups is 1. The van der Waals surface area contributed by atoms with Gasteiger partial charge in [0.05, 0.1) is 32.0 Å². The van der Waals surface area contributed by atoms with Crippen LogP contribution >= 0.6 is 44.3 Å². The predicted octanol–water partition coefficient (Wildman–Crippen LogP) is 4.46. The van der Waals surface area contributed by atoms with E-state index in [0.717, 1.165) is 33.3 Å². The highest BCUT2D eigenvalue weighted by molar-refractivity contribution is 9.10. The van der Waals surface area contributed by atoms with E-state index in [4.69, 9.17) is 14.2 Å². The van der Waals surface area contributed by atoms with Crippen molar-refractivity contribution in [2.24, 2.45) is 0 Å². The van der Waals surface area contributed by atoms with Gasteiger partial charge in [0.1, 0.15) is 12.4 Å². The van der Waals surface area contributed by atoms with E-state index in [2.05, 4.69) is 48.9 Å². The monoisotopic (exact) mass is 549 g/mol. The van der Waals surface area contributed by atoms with Gasteiger partial charge in [-0.3, -0.25) is 4.90 Å². The third-order valence-corrected chi connectivity index (χ3v) is 5.54. The fourth-order valence-electron chi connectivity index (χ4n) is 3.07. The van der Waals surface area contributed by atoms with Gasteiger partial charge in [0.2, 0.25) is 0 Å². The minimum atomic E-state index is -0.531. The number of hydrogen-bond donors (Lipinski definition) is 1. The second-order valence-electron chi connectivity index (χ2n) is 6.70. The second kappa shape index (κ2) is 12.9. The zero-order valence-corrected chi connectivity index (χ0v) is 20.0. The number of nitrogens with zero attached hydrogens (tertiary/aromatic N) is 1. The lowest BCUT2D eigenvalue weighted by Gasteiger charge is -2.34. The molecule has 1 heterocycles. The van der Waals surface area contributed by atoms with Gasteiger partial charge in [-0.2, -0.15) is 0 Å². The number of benzene rings is 2. The smallest absolute Gasteiger partial charge is 0.119 e. The molecule has 2 aromatic carbocycles. The first-order valence-corrected chi connectivity index (χ1v) is 10.9. The number of β-amino-alcohol motifs (C(OH)–C–C–N with tert-alkyl or cyclic N) is 1. The Morgan fingerprint density at radius 2 is 1.69 bits per heavy atom. The van der Waals surface area contributed by atoms with E-state index in [0.29, 0.717) is 33.0 Å². The largest absolute Gasteiger partial charge is 0.491 e. The number of aliphatic hydroxyl groups excluding tert-OH is 1. The summed E-state index contributed by atoms with van der Waals surface area (Å²) in [6.45, 7) is 4.01. The number of hydrogen-bond acceptors (Lipinski definition) is 5. The maximum atomic E-state index is 10.3. The lowest BCUT2D eigenvalue weighted by molar-refractivity contribution is -0.0534. The Bertz CT molecular complexity index is 718. The molecule has 5 nitrogen and oxygen atoms in total. The summed E-state index contributed by atoms with van der Waals surface area (Å²) >= 11 is 6.85. The topological polar surface area (TPSA) is 51.2 Å². The molecule has 29 heavy (non-hydrogen) atoms. The maximum absolute atomic E-state index is 10.3. The summed E-state index contributed by atoms with van der Waals surface area (Å²) in [5, 5.41) is 10.3. The molecule has 1 N–H and O–H groups in total. The molecule has 2 atom stereocenters. The first kappa shape index (κ1) is 24.6. The van der Waals surface area contributed by atoms with Crippen LogP contribution in [0.15, 0.2) is 57.5 Å². The third-order valence-electron chi connectivity index (χ3n) is 4.48. The number of halogens is 3. The average molecular weight is 552 g/mol. The number of rotatable bonds is 9. The van der Waals surface area contributed by atoms with Crippen LogP contribution in [0.25, 0.3) is 0 Å². The van der Waals surface area contributed by atoms with Crippen LogP contribution in [0.2, 0.25) is 0 Å². The summed E-state index contributed by atoms with van der Waals surface area (Å²) in [7, 11) is 0. The molecular weight excluding hydrogens is 525 g/mol. The van der Waals surface area contributed by atoms with E-state index in [1.807, 2.05) is 36.4 Å². The van der Waals surface area contributed by atoms with Crippen molar-refractivity contribution in [2.45, 2.75) is 12.2 Å². The lowest BCUT2D eigenvalue weighted by Crippen LogP contribution is -2.43. The Kier molecular flexibility index (Phi) is 10.9. The Morgan fingerprint density at radius 1 is 1.03 bits per heavy atom. The summed E-state index contributed by atoms with van der Waals surface area (Å²) in [4.78, 5) is 2.22. The van der Waals surface area contributed by atoms with Crippen molar-refractivity contribution in [3.8, 4) is 5.75 Å². The summed E-state index contributed by atoms with van der Waals surface area (Å²) in [5.74, 6) is 0.805. The van der Waals surface area contributed by atoms with Gasteiger partial charge in [0, 0.05) is 28.6 Å². The molecule has 2 unspecified atom stereocenters. The quantitative estimate of drug-likeness (QED) is 0.467. The Morgan fingerprint density at radius 3 is 2.38 bits per heavy atom. The molecule has 0 amide bonds. The Labute approximate surface area is 195 Å². The fraction of sp³-hybridized carbons (Fsp3) is 0.429. The minimum Gasteiger partial charge on any atom is -0.491 e. The Balaban J connectivity index is 0.00000300. The van der Waals surface area contributed by atoms with Gasteiger partial charge in [-0.05, 0) is 42.0 Å². The van der Waals surface area contributed by atoms with Crippen molar-refractivity contribution in [1.82, 2.24) is 4.90 Å². The Hall–Kier alpha value is -0.670. The first-order chi connectivity index (χ1) is 13.6. The van der Waals surface area contributed by atoms with Crippen LogP contribution in [0.3, 0.4) is 0 Å². The standard InChI is InChI=1S/C21H25Br2NO4.ClH/c22-17-3-1-16(2-4-17)21-14-24(9-10-28-21)13-19(25)15-26-11-12-27-20-7-5-18(23)6-8-20;/h1-8,19,21,25H,9-15H2;1H. The van der Waals surface area contributed by atoms with Crippen molar-refractivity contribution >= 4 is 44.3 Å². The van der Waals surface area contributed by atoms with E-state index in [9.17, 15) is 5.11 Å². The molecule has 2 aromatic rings. The molecule has 1 aliphatic heterocycles. The summed E-state index contributed by atoms with van der Waals surface area (Å²) in [6.07, 6.45) is -0.495. The molecule has 0 aromatic heterocycles. The van der Waals surface area contributed by atoms with Gasteiger partial charge < -0.3 is 19.3 Å². The number of ether oxygens (including phenoxy) is 3. The van der Waals surface area contributed by atoms with Crippen LogP contribution in [-0.2, 0) is 9.47 Å². The van der Waals surface area contributed by atoms with Crippen LogP contribution in [-0.4, -0.2) is 62.2 Å². The van der Waals surface area contributed by atoms with Crippen LogP contribution in [0, 0.1) is 0 Å². The molecule has 0 saturated carbocycles. The lowest BCUT2D eigenvalue weighted by atomic mass is 10.1. The average Bonchev–Trinajstić information content (AvgIpc) is 2.70. The SMILES string of the molecule is Cl.OC(COCCOc1ccc(Br)cc1)CN1CCOC(c2ccc(Br)cc2)C1. The molecular formula is C21H26Br2ClNO4. The molecule has 0 bridgehead atoms. The van der Waals surface area contributed by atoms with E-state index in [-0.39, 0.29) is 18.5 Å². The molecule has 0 radical (unpaired) electrons. The van der Waals surface area contributed by atoms with Gasteiger partial charge in [0.25, 0.3) is 0 Å². The third kappa shape index (κ3) is 8.53. The highest BCUT2D eigenvalue weighted by Crippen LogP contribution is 2.24. The first-order valence-electron chi connectivity index (χ1n) is 9.34. The summed E-state index contributed by atoms with van der Waals surface area (Å²) in [5.41, 5.74) is 1.16. The zero-order valence-electron chi connectivity index (χ0n) is 16.0. The molecule has 1 saturated heterocycles. The maximum Gasteiger partial charge on any atom is 0.119 e. The molecule has 1 aliphatic rings. The van der Waals surface area contributed by atoms with Crippen LogP contribution in [0.4, 0.5) is 0 Å². The van der Waals surface area contributed by atoms with Gasteiger partial charge >= 0.3 is 0 Å². The van der Waals surface area contributed by atoms with Gasteiger partial charge in [-0.25, -0.2) is 0 Å². The van der Waals surface area contributed by atoms with E-state index in [1.54, 1.807) is 0 Å². The highest BCUT2D eigenvalue weighted by atomic mass is 79.9. The summed E-state index contributed by atoms with van der Waals surface area (Å²) in [6, 6.07) is 15.9. The molecule has 1 fully saturated rings. The predicted molar refractivity (Wildman–Crippen MR) is 123 cm³/mol. The molecule has 8 heteroatoms. The van der Waals surface area contributed by atoms with Crippen LogP contribution in [0.5, 0.6) is 5.75 Å². The zero-order chi connectivity index (χ0) is 19.8. The van der Waals surface area contributed by atoms with Crippen LogP contribution < -0.4 is 4.74 Å². The van der Waals surface area contributed by atoms with Crippen molar-refractivity contribution < 1.29 is 19.3 Å². The van der Waals surface area contributed by atoms with E-state index >= 15 is 0 Å². The molecule has 0 aliphatic carbocycles. The molecule has 160 valence electrons. The summed E-state index contributed by atoms with van der Waals surface area (Å²) < 4.78 is 19.1. The van der Waals surface area contributed by atoms with Crippen LogP contribution in [0.1, 0.15) is 11.7 Å². The number of morpholine rings is 1. The van der Waals surface area contributed by atoms with Crippen molar-refractivity contribution in [1.29, 1.82) is 0 Å². The molecule has 3 rings (SSSR count). The molecule has 0 spiro atoms. The second-order valence-corrected chi connectivity index (χ2v) is 8.53. The minimum absolute atomic E-state index is 0.